The van der Waals surface area contributed by atoms with Crippen molar-refractivity contribution in [2.24, 2.45) is 17.7 Å². The molecule has 4 nitrogen and oxygen atoms in total. The topological polar surface area (TPSA) is 56.5 Å². The number of hydrogen-bond donors (Lipinski definition) is 2. The molecule has 1 spiro atoms. The van der Waals surface area contributed by atoms with Crippen LogP contribution in [0, 0.1) is 11.8 Å². The fraction of sp³-hybridized carbons (Fsp3) is 1.00. The van der Waals surface area contributed by atoms with Crippen molar-refractivity contribution in [3.8, 4) is 0 Å². The Morgan fingerprint density at radius 3 is 2.47 bits per heavy atom. The summed E-state index contributed by atoms with van der Waals surface area (Å²) >= 11 is 0. The second-order valence-corrected chi connectivity index (χ2v) is 6.17. The molecule has 2 aliphatic heterocycles. The highest BCUT2D eigenvalue weighted by molar-refractivity contribution is 4.93. The van der Waals surface area contributed by atoms with Crippen molar-refractivity contribution in [3.63, 3.8) is 0 Å². The molecular weight excluding hydrogens is 240 g/mol. The summed E-state index contributed by atoms with van der Waals surface area (Å²) in [5.41, 5.74) is 3.18. The first-order valence-corrected chi connectivity index (χ1v) is 7.92. The Labute approximate surface area is 117 Å². The van der Waals surface area contributed by atoms with Gasteiger partial charge in [0.2, 0.25) is 0 Å². The van der Waals surface area contributed by atoms with Gasteiger partial charge in [-0.15, -0.1) is 0 Å². The fourth-order valence-electron chi connectivity index (χ4n) is 3.92. The maximum atomic E-state index is 6.13. The highest BCUT2D eigenvalue weighted by Gasteiger charge is 2.42. The Hall–Kier alpha value is -0.160. The summed E-state index contributed by atoms with van der Waals surface area (Å²) in [7, 11) is 0. The summed E-state index contributed by atoms with van der Waals surface area (Å²) in [5, 5.41) is 0. The number of nitrogens with one attached hydrogen (secondary N) is 1. The van der Waals surface area contributed by atoms with Gasteiger partial charge in [-0.1, -0.05) is 26.7 Å². The fourth-order valence-corrected chi connectivity index (χ4v) is 3.92. The lowest BCUT2D eigenvalue weighted by Gasteiger charge is -2.46. The first-order chi connectivity index (χ1) is 9.24. The third-order valence-corrected chi connectivity index (χ3v) is 5.19. The van der Waals surface area contributed by atoms with Crippen LogP contribution in [0.2, 0.25) is 0 Å². The number of ether oxygens (including phenoxy) is 2. The lowest BCUT2D eigenvalue weighted by molar-refractivity contribution is -0.152. The minimum absolute atomic E-state index is 0.0717. The Morgan fingerprint density at radius 1 is 1.21 bits per heavy atom. The zero-order valence-electron chi connectivity index (χ0n) is 12.5. The summed E-state index contributed by atoms with van der Waals surface area (Å²) in [6, 6.07) is 0.429. The zero-order valence-corrected chi connectivity index (χ0v) is 12.5. The van der Waals surface area contributed by atoms with E-state index in [2.05, 4.69) is 19.3 Å². The second kappa shape index (κ2) is 7.02. The van der Waals surface area contributed by atoms with E-state index in [-0.39, 0.29) is 5.60 Å². The van der Waals surface area contributed by atoms with E-state index < -0.39 is 0 Å². The first kappa shape index (κ1) is 15.2. The maximum Gasteiger partial charge on any atom is 0.0729 e. The van der Waals surface area contributed by atoms with Crippen LogP contribution >= 0.6 is 0 Å². The van der Waals surface area contributed by atoms with Crippen molar-refractivity contribution in [2.45, 2.75) is 64.0 Å². The monoisotopic (exact) mass is 270 g/mol. The molecule has 0 aromatic rings. The summed E-state index contributed by atoms with van der Waals surface area (Å²) in [5.74, 6) is 7.17. The molecule has 112 valence electrons. The molecule has 2 atom stereocenters. The van der Waals surface area contributed by atoms with Crippen molar-refractivity contribution in [2.75, 3.05) is 19.8 Å². The number of rotatable bonds is 5. The van der Waals surface area contributed by atoms with Gasteiger partial charge in [0.25, 0.3) is 0 Å². The van der Waals surface area contributed by atoms with E-state index in [4.69, 9.17) is 15.3 Å². The summed E-state index contributed by atoms with van der Waals surface area (Å²) in [6.07, 6.45) is 6.75. The average molecular weight is 270 g/mol. The molecule has 0 saturated carbocycles. The third kappa shape index (κ3) is 3.48. The Morgan fingerprint density at radius 2 is 1.89 bits per heavy atom. The molecule has 2 unspecified atom stereocenters. The Bertz CT molecular complexity index is 257. The van der Waals surface area contributed by atoms with Gasteiger partial charge in [0.1, 0.15) is 0 Å². The van der Waals surface area contributed by atoms with Crippen molar-refractivity contribution < 1.29 is 9.47 Å². The lowest BCUT2D eigenvalue weighted by atomic mass is 9.74. The van der Waals surface area contributed by atoms with Crippen LogP contribution in [0.25, 0.3) is 0 Å². The average Bonchev–Trinajstić information content (AvgIpc) is 2.45. The van der Waals surface area contributed by atoms with Gasteiger partial charge in [-0.05, 0) is 37.5 Å². The lowest BCUT2D eigenvalue weighted by Crippen LogP contribution is -2.53. The van der Waals surface area contributed by atoms with Crippen LogP contribution in [0.5, 0.6) is 0 Å². The van der Waals surface area contributed by atoms with Crippen LogP contribution in [0.1, 0.15) is 52.4 Å². The number of hydrogen-bond acceptors (Lipinski definition) is 4. The molecular formula is C15H30N2O2. The van der Waals surface area contributed by atoms with Crippen LogP contribution in [-0.4, -0.2) is 31.5 Å². The van der Waals surface area contributed by atoms with Crippen LogP contribution in [0.15, 0.2) is 0 Å². The summed E-state index contributed by atoms with van der Waals surface area (Å²) in [4.78, 5) is 0. The van der Waals surface area contributed by atoms with E-state index in [1.807, 2.05) is 0 Å². The molecule has 0 bridgehead atoms. The highest BCUT2D eigenvalue weighted by Crippen LogP contribution is 2.39. The molecule has 0 aliphatic carbocycles. The van der Waals surface area contributed by atoms with Crippen molar-refractivity contribution in [3.05, 3.63) is 0 Å². The van der Waals surface area contributed by atoms with E-state index in [9.17, 15) is 0 Å². The molecule has 2 heterocycles. The van der Waals surface area contributed by atoms with Gasteiger partial charge in [0.05, 0.1) is 5.60 Å². The predicted molar refractivity (Wildman–Crippen MR) is 76.6 cm³/mol. The third-order valence-electron chi connectivity index (χ3n) is 5.19. The molecule has 19 heavy (non-hydrogen) atoms. The van der Waals surface area contributed by atoms with Gasteiger partial charge in [-0.2, -0.15) is 0 Å². The van der Waals surface area contributed by atoms with Crippen LogP contribution < -0.4 is 11.3 Å². The summed E-state index contributed by atoms with van der Waals surface area (Å²) < 4.78 is 11.6. The quantitative estimate of drug-likeness (QED) is 0.594. The Kier molecular flexibility index (Phi) is 5.63. The number of nitrogens with two attached hydrogens (primary N) is 1. The molecule has 0 aromatic carbocycles. The van der Waals surface area contributed by atoms with Gasteiger partial charge in [0, 0.05) is 25.9 Å². The number of hydrazine groups is 1. The molecule has 3 N–H and O–H groups in total. The van der Waals surface area contributed by atoms with Crippen molar-refractivity contribution in [1.29, 1.82) is 0 Å². The SMILES string of the molecule is CCC(CC)C(NN)C1CCOC2(CCOCC2)C1. The van der Waals surface area contributed by atoms with Crippen LogP contribution in [0.3, 0.4) is 0 Å². The van der Waals surface area contributed by atoms with E-state index >= 15 is 0 Å². The van der Waals surface area contributed by atoms with E-state index in [0.717, 1.165) is 45.5 Å². The largest absolute Gasteiger partial charge is 0.381 e. The minimum Gasteiger partial charge on any atom is -0.381 e. The molecule has 4 heteroatoms. The van der Waals surface area contributed by atoms with E-state index in [1.54, 1.807) is 0 Å². The van der Waals surface area contributed by atoms with Crippen molar-refractivity contribution in [1.82, 2.24) is 5.43 Å². The molecule has 2 rings (SSSR count). The first-order valence-electron chi connectivity index (χ1n) is 7.92. The normalized spacial score (nSPS) is 28.7. The molecule has 2 saturated heterocycles. The molecule has 2 fully saturated rings. The van der Waals surface area contributed by atoms with Gasteiger partial charge in [-0.3, -0.25) is 11.3 Å². The molecule has 2 aliphatic rings. The van der Waals surface area contributed by atoms with E-state index in [1.165, 1.54) is 12.8 Å². The van der Waals surface area contributed by atoms with Crippen LogP contribution in [0.4, 0.5) is 0 Å². The summed E-state index contributed by atoms with van der Waals surface area (Å²) in [6.45, 7) is 7.10. The molecule has 0 radical (unpaired) electrons. The van der Waals surface area contributed by atoms with Gasteiger partial charge >= 0.3 is 0 Å². The van der Waals surface area contributed by atoms with Gasteiger partial charge < -0.3 is 9.47 Å². The highest BCUT2D eigenvalue weighted by atomic mass is 16.5. The second-order valence-electron chi connectivity index (χ2n) is 6.17. The minimum atomic E-state index is 0.0717. The molecule has 0 aromatic heterocycles. The standard InChI is InChI=1S/C15H30N2O2/c1-3-12(4-2)14(17-16)13-5-8-19-15(11-13)6-9-18-10-7-15/h12-14,17H,3-11,16H2,1-2H3. The molecule has 0 amide bonds. The smallest absolute Gasteiger partial charge is 0.0729 e. The van der Waals surface area contributed by atoms with E-state index in [0.29, 0.717) is 17.9 Å². The van der Waals surface area contributed by atoms with Crippen LogP contribution in [-0.2, 0) is 9.47 Å². The van der Waals surface area contributed by atoms with Crippen molar-refractivity contribution >= 4 is 0 Å². The predicted octanol–water partition coefficient (Wildman–Crippen LogP) is 2.23. The van der Waals surface area contributed by atoms with Gasteiger partial charge in [0.15, 0.2) is 0 Å². The maximum absolute atomic E-state index is 6.13. The Balaban J connectivity index is 2.02. The van der Waals surface area contributed by atoms with Gasteiger partial charge in [-0.25, -0.2) is 0 Å². The zero-order chi connectivity index (χ0) is 13.7.